The second-order valence-electron chi connectivity index (χ2n) is 7.36. The number of halogens is 2. The van der Waals surface area contributed by atoms with E-state index in [-0.39, 0.29) is 22.1 Å². The van der Waals surface area contributed by atoms with E-state index in [0.29, 0.717) is 21.5 Å². The fraction of sp³-hybridized carbons (Fsp3) is 0.130. The molecule has 0 saturated heterocycles. The molecule has 0 heterocycles. The van der Waals surface area contributed by atoms with Crippen molar-refractivity contribution in [2.75, 3.05) is 0 Å². The van der Waals surface area contributed by atoms with Gasteiger partial charge in [0.2, 0.25) is 0 Å². The summed E-state index contributed by atoms with van der Waals surface area (Å²) in [6, 6.07) is 15.8. The fourth-order valence-corrected chi connectivity index (χ4v) is 5.50. The topological polar surface area (TPSA) is 66.4 Å². The number of hydrogen-bond donors (Lipinski definition) is 2. The molecule has 0 saturated carbocycles. The van der Waals surface area contributed by atoms with Crippen LogP contribution >= 0.6 is 0 Å². The highest BCUT2D eigenvalue weighted by molar-refractivity contribution is 7.83. The second kappa shape index (κ2) is 8.55. The van der Waals surface area contributed by atoms with Crippen LogP contribution in [0.5, 0.6) is 0 Å². The van der Waals surface area contributed by atoms with Crippen molar-refractivity contribution in [3.63, 3.8) is 0 Å². The molecule has 0 bridgehead atoms. The van der Waals surface area contributed by atoms with E-state index >= 15 is 8.78 Å². The van der Waals surface area contributed by atoms with Gasteiger partial charge in [0, 0.05) is 17.2 Å². The van der Waals surface area contributed by atoms with Gasteiger partial charge in [0.05, 0.1) is 4.90 Å². The van der Waals surface area contributed by atoms with Gasteiger partial charge in [0.25, 0.3) is 0 Å². The van der Waals surface area contributed by atoms with E-state index in [0.717, 1.165) is 0 Å². The number of hydrogen-bond acceptors (Lipinski definition) is 2. The van der Waals surface area contributed by atoms with Gasteiger partial charge in [-0.05, 0) is 47.5 Å². The Labute approximate surface area is 183 Å². The van der Waals surface area contributed by atoms with Crippen LogP contribution in [0.3, 0.4) is 0 Å². The Morgan fingerprint density at radius 2 is 1.26 bits per heavy atom. The predicted octanol–water partition coefficient (Wildman–Crippen LogP) is 5.54. The van der Waals surface area contributed by atoms with Gasteiger partial charge in [0.1, 0.15) is 27.5 Å². The van der Waals surface area contributed by atoms with Gasteiger partial charge in [-0.15, -0.1) is 0 Å². The Morgan fingerprint density at radius 1 is 0.806 bits per heavy atom. The largest absolute Gasteiger partial charge is 0.302 e. The van der Waals surface area contributed by atoms with Crippen LogP contribution in [0.1, 0.15) is 13.8 Å². The molecule has 4 aromatic rings. The maximum atomic E-state index is 15.3. The molecular weight excluding hydrogens is 440 g/mol. The first-order valence-electron chi connectivity index (χ1n) is 9.51. The molecule has 31 heavy (non-hydrogen) atoms. The fourth-order valence-electron chi connectivity index (χ4n) is 3.71. The minimum Gasteiger partial charge on any atom is -0.302 e. The zero-order valence-electron chi connectivity index (χ0n) is 16.7. The summed E-state index contributed by atoms with van der Waals surface area (Å²) in [7, 11) is -1.99. The molecule has 0 radical (unpaired) electrons. The van der Waals surface area contributed by atoms with Gasteiger partial charge in [-0.25, -0.2) is 21.9 Å². The molecule has 0 spiro atoms. The summed E-state index contributed by atoms with van der Waals surface area (Å²) in [4.78, 5) is -0.660. The van der Waals surface area contributed by atoms with Crippen LogP contribution in [0.4, 0.5) is 8.78 Å². The average molecular weight is 460 g/mol. The lowest BCUT2D eigenvalue weighted by atomic mass is 9.93. The summed E-state index contributed by atoms with van der Waals surface area (Å²) >= 11 is -2.71. The van der Waals surface area contributed by atoms with Gasteiger partial charge in [0.15, 0.2) is 11.1 Å². The van der Waals surface area contributed by atoms with Gasteiger partial charge in [-0.1, -0.05) is 48.5 Å². The third kappa shape index (κ3) is 3.92. The molecule has 0 amide bonds. The highest BCUT2D eigenvalue weighted by atomic mass is 32.2. The average Bonchev–Trinajstić information content (AvgIpc) is 2.71. The van der Waals surface area contributed by atoms with Crippen LogP contribution in [0.15, 0.2) is 70.5 Å². The third-order valence-electron chi connectivity index (χ3n) is 4.87. The summed E-state index contributed by atoms with van der Waals surface area (Å²) in [5.74, 6) is -1.64. The monoisotopic (exact) mass is 459 g/mol. The summed E-state index contributed by atoms with van der Waals surface area (Å²) in [5, 5.41) is 1.94. The molecule has 2 atom stereocenters. The molecule has 0 aliphatic rings. The highest BCUT2D eigenvalue weighted by Crippen LogP contribution is 2.43. The predicted molar refractivity (Wildman–Crippen MR) is 121 cm³/mol. The molecule has 4 rings (SSSR count). The summed E-state index contributed by atoms with van der Waals surface area (Å²) < 4.78 is 68.5. The standard InChI is InChI=1S/C23H19F2NO3S2/c1-13(2)26-30(27)22-18(24)11-14-7-3-5-9-16(14)20(22)21-17-10-6-4-8-15(17)12-19(25)23(21)31(28)29/h3-13,26H,1-2H3,(H,28,29). The first kappa shape index (κ1) is 21.7. The Bertz CT molecular complexity index is 1370. The van der Waals surface area contributed by atoms with Crippen LogP contribution in [-0.4, -0.2) is 19.0 Å². The normalized spacial score (nSPS) is 13.7. The number of fused-ring (bicyclic) bond motifs is 2. The van der Waals surface area contributed by atoms with Crippen LogP contribution in [0, 0.1) is 11.6 Å². The maximum Gasteiger partial charge on any atom is 0.190 e. The Balaban J connectivity index is 2.26. The number of nitrogens with one attached hydrogen (secondary N) is 1. The van der Waals surface area contributed by atoms with Crippen molar-refractivity contribution in [1.29, 1.82) is 0 Å². The lowest BCUT2D eigenvalue weighted by Gasteiger charge is -2.19. The van der Waals surface area contributed by atoms with Crippen LogP contribution in [0.25, 0.3) is 32.7 Å². The lowest BCUT2D eigenvalue weighted by molar-refractivity contribution is 0.545. The Kier molecular flexibility index (Phi) is 5.98. The Hall–Kier alpha value is -2.52. The van der Waals surface area contributed by atoms with E-state index in [1.54, 1.807) is 62.4 Å². The van der Waals surface area contributed by atoms with Gasteiger partial charge in [-0.2, -0.15) is 0 Å². The molecular formula is C23H19F2NO3S2. The molecule has 2 N–H and O–H groups in total. The SMILES string of the molecule is CC(C)NS(=O)c1c(F)cc2ccccc2c1-c1c(S(=O)O)c(F)cc2ccccc12. The first-order chi connectivity index (χ1) is 14.8. The van der Waals surface area contributed by atoms with Crippen LogP contribution in [-0.2, 0) is 22.1 Å². The van der Waals surface area contributed by atoms with Crippen molar-refractivity contribution in [1.82, 2.24) is 4.72 Å². The van der Waals surface area contributed by atoms with E-state index in [1.165, 1.54) is 12.1 Å². The zero-order chi connectivity index (χ0) is 22.3. The van der Waals surface area contributed by atoms with Gasteiger partial charge in [-0.3, -0.25) is 0 Å². The van der Waals surface area contributed by atoms with E-state index in [1.807, 2.05) is 0 Å². The molecule has 0 aliphatic heterocycles. The second-order valence-corrected chi connectivity index (χ2v) is 9.45. The van der Waals surface area contributed by atoms with Crippen molar-refractivity contribution in [2.24, 2.45) is 0 Å². The number of rotatable bonds is 5. The third-order valence-corrected chi connectivity index (χ3v) is 7.07. The minimum absolute atomic E-state index is 0.0565. The van der Waals surface area contributed by atoms with Crippen molar-refractivity contribution in [2.45, 2.75) is 29.7 Å². The summed E-state index contributed by atoms with van der Waals surface area (Å²) in [6.07, 6.45) is 0. The van der Waals surface area contributed by atoms with Crippen LogP contribution < -0.4 is 4.72 Å². The van der Waals surface area contributed by atoms with E-state index in [9.17, 15) is 13.0 Å². The molecule has 2 unspecified atom stereocenters. The maximum absolute atomic E-state index is 15.3. The molecule has 160 valence electrons. The van der Waals surface area contributed by atoms with Gasteiger partial charge < -0.3 is 4.55 Å². The van der Waals surface area contributed by atoms with Crippen molar-refractivity contribution >= 4 is 43.6 Å². The quantitative estimate of drug-likeness (QED) is 0.385. The van der Waals surface area contributed by atoms with E-state index < -0.39 is 38.6 Å². The Morgan fingerprint density at radius 3 is 1.74 bits per heavy atom. The molecule has 4 aromatic carbocycles. The highest BCUT2D eigenvalue weighted by Gasteiger charge is 2.27. The molecule has 8 heteroatoms. The smallest absolute Gasteiger partial charge is 0.190 e. The molecule has 4 nitrogen and oxygen atoms in total. The van der Waals surface area contributed by atoms with E-state index in [2.05, 4.69) is 4.72 Å². The minimum atomic E-state index is -2.71. The molecule has 0 aliphatic carbocycles. The van der Waals surface area contributed by atoms with Crippen molar-refractivity contribution in [3.05, 3.63) is 72.3 Å². The summed E-state index contributed by atoms with van der Waals surface area (Å²) in [6.45, 7) is 3.53. The lowest BCUT2D eigenvalue weighted by Crippen LogP contribution is -2.26. The zero-order valence-corrected chi connectivity index (χ0v) is 18.3. The first-order valence-corrected chi connectivity index (χ1v) is 11.8. The van der Waals surface area contributed by atoms with Crippen molar-refractivity contribution in [3.8, 4) is 11.1 Å². The molecule has 0 aromatic heterocycles. The molecule has 0 fully saturated rings. The van der Waals surface area contributed by atoms with Crippen molar-refractivity contribution < 1.29 is 21.8 Å². The number of benzene rings is 4. The van der Waals surface area contributed by atoms with Gasteiger partial charge >= 0.3 is 0 Å². The van der Waals surface area contributed by atoms with E-state index in [4.69, 9.17) is 0 Å². The van der Waals surface area contributed by atoms with Crippen LogP contribution in [0.2, 0.25) is 0 Å². The summed E-state index contributed by atoms with van der Waals surface area (Å²) in [5.41, 5.74) is 0.191.